The van der Waals surface area contributed by atoms with Gasteiger partial charge in [-0.1, -0.05) is 20.8 Å². The van der Waals surface area contributed by atoms with Gasteiger partial charge >= 0.3 is 5.97 Å². The number of carboxylic acid groups (broad SMARTS) is 1. The quantitative estimate of drug-likeness (QED) is 0.818. The second kappa shape index (κ2) is 5.80. The maximum Gasteiger partial charge on any atom is 0.323 e. The van der Waals surface area contributed by atoms with E-state index in [1.165, 1.54) is 0 Å². The third-order valence-electron chi connectivity index (χ3n) is 5.18. The van der Waals surface area contributed by atoms with Crippen molar-refractivity contribution in [3.05, 3.63) is 0 Å². The maximum atomic E-state index is 11.7. The highest BCUT2D eigenvalue weighted by Crippen LogP contribution is 2.35. The molecule has 2 N–H and O–H groups in total. The smallest absolute Gasteiger partial charge is 0.323 e. The van der Waals surface area contributed by atoms with Crippen LogP contribution in [0.5, 0.6) is 0 Å². The van der Waals surface area contributed by atoms with Gasteiger partial charge in [-0.3, -0.25) is 9.69 Å². The fourth-order valence-corrected chi connectivity index (χ4v) is 3.80. The molecule has 4 unspecified atom stereocenters. The fourth-order valence-electron chi connectivity index (χ4n) is 3.80. The van der Waals surface area contributed by atoms with E-state index in [2.05, 4.69) is 24.1 Å². The molecule has 19 heavy (non-hydrogen) atoms. The van der Waals surface area contributed by atoms with E-state index in [0.717, 1.165) is 57.2 Å². The van der Waals surface area contributed by atoms with Crippen molar-refractivity contribution in [2.24, 2.45) is 11.8 Å². The molecule has 0 aromatic rings. The molecule has 0 aromatic carbocycles. The standard InChI is InChI=1S/C15H28N2O2/c1-4-16-15(14(18)19)7-5-6-13(8-15)17-9-11(2)12(3)10-17/h11-13,16H,4-10H2,1-3H3,(H,18,19). The lowest BCUT2D eigenvalue weighted by molar-refractivity contribution is -0.147. The predicted molar refractivity (Wildman–Crippen MR) is 76.2 cm³/mol. The monoisotopic (exact) mass is 268 g/mol. The number of nitrogens with one attached hydrogen (secondary N) is 1. The Balaban J connectivity index is 2.06. The number of carbonyl (C=O) groups is 1. The Morgan fingerprint density at radius 1 is 1.37 bits per heavy atom. The average Bonchev–Trinajstić information content (AvgIpc) is 2.70. The number of hydrogen-bond donors (Lipinski definition) is 2. The summed E-state index contributed by atoms with van der Waals surface area (Å²) in [5.41, 5.74) is -0.688. The van der Waals surface area contributed by atoms with Crippen molar-refractivity contribution in [1.29, 1.82) is 0 Å². The van der Waals surface area contributed by atoms with Gasteiger partial charge in [0, 0.05) is 19.1 Å². The van der Waals surface area contributed by atoms with Crippen molar-refractivity contribution in [1.82, 2.24) is 10.2 Å². The van der Waals surface area contributed by atoms with Crippen molar-refractivity contribution >= 4 is 5.97 Å². The first-order valence-electron chi connectivity index (χ1n) is 7.71. The molecule has 0 bridgehead atoms. The summed E-state index contributed by atoms with van der Waals surface area (Å²) >= 11 is 0. The summed E-state index contributed by atoms with van der Waals surface area (Å²) in [6.07, 6.45) is 3.70. The van der Waals surface area contributed by atoms with Crippen LogP contribution in [0, 0.1) is 11.8 Å². The van der Waals surface area contributed by atoms with E-state index >= 15 is 0 Å². The van der Waals surface area contributed by atoms with Gasteiger partial charge in [-0.05, 0) is 44.1 Å². The number of likely N-dealkylation sites (N-methyl/N-ethyl adjacent to an activating group) is 1. The summed E-state index contributed by atoms with van der Waals surface area (Å²) < 4.78 is 0. The topological polar surface area (TPSA) is 52.6 Å². The largest absolute Gasteiger partial charge is 0.480 e. The Morgan fingerprint density at radius 3 is 2.53 bits per heavy atom. The highest BCUT2D eigenvalue weighted by molar-refractivity contribution is 5.79. The predicted octanol–water partition coefficient (Wildman–Crippen LogP) is 1.95. The van der Waals surface area contributed by atoms with E-state index in [9.17, 15) is 9.90 Å². The first-order valence-corrected chi connectivity index (χ1v) is 7.71. The molecule has 0 radical (unpaired) electrons. The Morgan fingerprint density at radius 2 is 2.00 bits per heavy atom. The van der Waals surface area contributed by atoms with E-state index in [0.29, 0.717) is 6.04 Å². The van der Waals surface area contributed by atoms with Gasteiger partial charge in [0.15, 0.2) is 0 Å². The van der Waals surface area contributed by atoms with Gasteiger partial charge in [-0.25, -0.2) is 0 Å². The molecule has 2 aliphatic rings. The molecule has 2 fully saturated rings. The Bertz CT molecular complexity index is 320. The molecular weight excluding hydrogens is 240 g/mol. The molecule has 2 rings (SSSR count). The Kier molecular flexibility index (Phi) is 4.51. The van der Waals surface area contributed by atoms with Crippen LogP contribution in [0.2, 0.25) is 0 Å². The molecule has 0 amide bonds. The fraction of sp³-hybridized carbons (Fsp3) is 0.933. The lowest BCUT2D eigenvalue weighted by atomic mass is 9.78. The third kappa shape index (κ3) is 2.95. The maximum absolute atomic E-state index is 11.7. The molecule has 1 saturated heterocycles. The molecule has 1 aliphatic carbocycles. The van der Waals surface area contributed by atoms with Crippen LogP contribution in [0.25, 0.3) is 0 Å². The van der Waals surface area contributed by atoms with Crippen LogP contribution in [0.4, 0.5) is 0 Å². The van der Waals surface area contributed by atoms with Crippen LogP contribution in [0.1, 0.15) is 46.5 Å². The van der Waals surface area contributed by atoms with Gasteiger partial charge in [0.2, 0.25) is 0 Å². The molecule has 1 saturated carbocycles. The van der Waals surface area contributed by atoms with Crippen LogP contribution in [0.3, 0.4) is 0 Å². The highest BCUT2D eigenvalue weighted by atomic mass is 16.4. The van der Waals surface area contributed by atoms with Crippen molar-refractivity contribution in [3.63, 3.8) is 0 Å². The van der Waals surface area contributed by atoms with Crippen LogP contribution < -0.4 is 5.32 Å². The zero-order chi connectivity index (χ0) is 14.0. The summed E-state index contributed by atoms with van der Waals surface area (Å²) in [7, 11) is 0. The van der Waals surface area contributed by atoms with Gasteiger partial charge in [0.25, 0.3) is 0 Å². The Hall–Kier alpha value is -0.610. The number of hydrogen-bond acceptors (Lipinski definition) is 3. The van der Waals surface area contributed by atoms with Crippen LogP contribution in [-0.2, 0) is 4.79 Å². The molecular formula is C15H28N2O2. The van der Waals surface area contributed by atoms with E-state index in [4.69, 9.17) is 0 Å². The van der Waals surface area contributed by atoms with Crippen molar-refractivity contribution in [2.45, 2.75) is 58.0 Å². The molecule has 1 heterocycles. The second-order valence-electron chi connectivity index (χ2n) is 6.58. The molecule has 4 nitrogen and oxygen atoms in total. The van der Waals surface area contributed by atoms with Crippen LogP contribution >= 0.6 is 0 Å². The minimum Gasteiger partial charge on any atom is -0.480 e. The van der Waals surface area contributed by atoms with Crippen molar-refractivity contribution in [2.75, 3.05) is 19.6 Å². The van der Waals surface area contributed by atoms with Crippen LogP contribution in [-0.4, -0.2) is 47.2 Å². The SMILES string of the molecule is CCNC1(C(=O)O)CCCC(N2CC(C)C(C)C2)C1. The van der Waals surface area contributed by atoms with E-state index in [1.807, 2.05) is 6.92 Å². The molecule has 110 valence electrons. The van der Waals surface area contributed by atoms with E-state index in [1.54, 1.807) is 0 Å². The second-order valence-corrected chi connectivity index (χ2v) is 6.58. The summed E-state index contributed by atoms with van der Waals surface area (Å²) in [4.78, 5) is 14.2. The number of aliphatic carboxylic acids is 1. The normalized spacial score (nSPS) is 40.5. The van der Waals surface area contributed by atoms with Gasteiger partial charge < -0.3 is 10.4 Å². The van der Waals surface area contributed by atoms with E-state index < -0.39 is 11.5 Å². The molecule has 0 spiro atoms. The van der Waals surface area contributed by atoms with E-state index in [-0.39, 0.29) is 0 Å². The van der Waals surface area contributed by atoms with Gasteiger partial charge in [0.1, 0.15) is 5.54 Å². The summed E-state index contributed by atoms with van der Waals surface area (Å²) in [5, 5.41) is 12.9. The van der Waals surface area contributed by atoms with Crippen LogP contribution in [0.15, 0.2) is 0 Å². The molecule has 4 atom stereocenters. The summed E-state index contributed by atoms with van der Waals surface area (Å²) in [6.45, 7) is 9.60. The summed E-state index contributed by atoms with van der Waals surface area (Å²) in [5.74, 6) is 0.805. The number of carboxylic acids is 1. The molecule has 0 aromatic heterocycles. The minimum atomic E-state index is -0.688. The highest BCUT2D eigenvalue weighted by Gasteiger charge is 2.45. The average molecular weight is 268 g/mol. The van der Waals surface area contributed by atoms with Gasteiger partial charge in [-0.2, -0.15) is 0 Å². The van der Waals surface area contributed by atoms with Gasteiger partial charge in [-0.15, -0.1) is 0 Å². The minimum absolute atomic E-state index is 0.441. The molecule has 4 heteroatoms. The zero-order valence-electron chi connectivity index (χ0n) is 12.5. The first kappa shape index (κ1) is 14.8. The number of likely N-dealkylation sites (tertiary alicyclic amines) is 1. The zero-order valence-corrected chi connectivity index (χ0v) is 12.5. The molecule has 1 aliphatic heterocycles. The Labute approximate surface area is 116 Å². The number of rotatable bonds is 4. The van der Waals surface area contributed by atoms with Gasteiger partial charge in [0.05, 0.1) is 0 Å². The third-order valence-corrected chi connectivity index (χ3v) is 5.18. The van der Waals surface area contributed by atoms with Crippen molar-refractivity contribution in [3.8, 4) is 0 Å². The van der Waals surface area contributed by atoms with Crippen molar-refractivity contribution < 1.29 is 9.90 Å². The first-order chi connectivity index (χ1) is 8.98. The number of nitrogens with zero attached hydrogens (tertiary/aromatic N) is 1. The lowest BCUT2D eigenvalue weighted by Crippen LogP contribution is -2.58. The lowest BCUT2D eigenvalue weighted by Gasteiger charge is -2.41. The summed E-state index contributed by atoms with van der Waals surface area (Å²) in [6, 6.07) is 0.441.